The summed E-state index contributed by atoms with van der Waals surface area (Å²) in [6.45, 7) is 0. The number of aromatic nitrogens is 1. The van der Waals surface area contributed by atoms with Crippen LogP contribution in [0.3, 0.4) is 0 Å². The summed E-state index contributed by atoms with van der Waals surface area (Å²) in [5.41, 5.74) is 12.3. The van der Waals surface area contributed by atoms with Gasteiger partial charge in [-0.1, -0.05) is 22.0 Å². The standard InChI is InChI=1S/C12H11BrN4O/c13-7-2-1-3-8(6-7)17-11(15)10-9(14)4-5-16-12(10)18/h1-6H,(H2,15,17)(H3,14,16,18). The van der Waals surface area contributed by atoms with Crippen molar-refractivity contribution in [2.45, 2.75) is 0 Å². The van der Waals surface area contributed by atoms with Gasteiger partial charge in [-0.25, -0.2) is 4.99 Å². The van der Waals surface area contributed by atoms with Crippen LogP contribution in [0.15, 0.2) is 50.8 Å². The average molecular weight is 307 g/mol. The van der Waals surface area contributed by atoms with Crippen LogP contribution in [0.1, 0.15) is 5.56 Å². The van der Waals surface area contributed by atoms with E-state index in [0.29, 0.717) is 11.4 Å². The van der Waals surface area contributed by atoms with Crippen LogP contribution in [0.5, 0.6) is 0 Å². The fourth-order valence-corrected chi connectivity index (χ4v) is 1.89. The van der Waals surface area contributed by atoms with Crippen LogP contribution in [-0.4, -0.2) is 10.8 Å². The summed E-state index contributed by atoms with van der Waals surface area (Å²) in [4.78, 5) is 18.3. The van der Waals surface area contributed by atoms with Crippen LogP contribution in [0.4, 0.5) is 11.4 Å². The van der Waals surface area contributed by atoms with Gasteiger partial charge in [0.2, 0.25) is 0 Å². The first-order chi connectivity index (χ1) is 8.58. The Morgan fingerprint density at radius 1 is 1.33 bits per heavy atom. The molecule has 18 heavy (non-hydrogen) atoms. The third-order valence-corrected chi connectivity index (χ3v) is 2.80. The van der Waals surface area contributed by atoms with Gasteiger partial charge in [-0.15, -0.1) is 0 Å². The molecule has 0 spiro atoms. The van der Waals surface area contributed by atoms with Crippen LogP contribution in [0.25, 0.3) is 0 Å². The normalized spacial score (nSPS) is 11.5. The highest BCUT2D eigenvalue weighted by molar-refractivity contribution is 9.10. The molecule has 2 aromatic rings. The van der Waals surface area contributed by atoms with Crippen molar-refractivity contribution < 1.29 is 0 Å². The zero-order valence-corrected chi connectivity index (χ0v) is 10.9. The highest BCUT2D eigenvalue weighted by Crippen LogP contribution is 2.19. The molecule has 0 saturated heterocycles. The molecular weight excluding hydrogens is 296 g/mol. The molecule has 0 bridgehead atoms. The number of anilines is 1. The van der Waals surface area contributed by atoms with Gasteiger partial charge in [-0.2, -0.15) is 0 Å². The van der Waals surface area contributed by atoms with Crippen LogP contribution in [-0.2, 0) is 0 Å². The van der Waals surface area contributed by atoms with Crippen LogP contribution < -0.4 is 17.0 Å². The Morgan fingerprint density at radius 3 is 2.78 bits per heavy atom. The van der Waals surface area contributed by atoms with Gasteiger partial charge >= 0.3 is 0 Å². The first-order valence-electron chi connectivity index (χ1n) is 5.15. The Morgan fingerprint density at radius 2 is 2.11 bits per heavy atom. The van der Waals surface area contributed by atoms with Gasteiger partial charge in [0.25, 0.3) is 5.56 Å². The van der Waals surface area contributed by atoms with E-state index >= 15 is 0 Å². The highest BCUT2D eigenvalue weighted by Gasteiger charge is 2.08. The number of hydrogen-bond donors (Lipinski definition) is 3. The zero-order valence-electron chi connectivity index (χ0n) is 9.35. The van der Waals surface area contributed by atoms with Gasteiger partial charge in [0.05, 0.1) is 5.69 Å². The molecule has 6 heteroatoms. The number of nitrogens with zero attached hydrogens (tertiary/aromatic N) is 1. The summed E-state index contributed by atoms with van der Waals surface area (Å²) in [6, 6.07) is 8.85. The third kappa shape index (κ3) is 2.60. The van der Waals surface area contributed by atoms with E-state index in [1.54, 1.807) is 18.2 Å². The lowest BCUT2D eigenvalue weighted by Crippen LogP contribution is -2.25. The monoisotopic (exact) mass is 306 g/mol. The second kappa shape index (κ2) is 5.05. The molecule has 0 fully saturated rings. The third-order valence-electron chi connectivity index (χ3n) is 2.31. The molecule has 0 unspecified atom stereocenters. The van der Waals surface area contributed by atoms with Crippen molar-refractivity contribution in [2.75, 3.05) is 5.73 Å². The molecule has 0 atom stereocenters. The number of nitrogen functional groups attached to an aromatic ring is 1. The predicted octanol–water partition coefficient (Wildman–Crippen LogP) is 1.76. The molecule has 0 radical (unpaired) electrons. The van der Waals surface area contributed by atoms with Crippen LogP contribution >= 0.6 is 15.9 Å². The van der Waals surface area contributed by atoms with Crippen molar-refractivity contribution in [3.8, 4) is 0 Å². The lowest BCUT2D eigenvalue weighted by atomic mass is 10.2. The second-order valence-corrected chi connectivity index (χ2v) is 4.53. The Labute approximate surface area is 112 Å². The molecule has 1 heterocycles. The number of aromatic amines is 1. The number of hydrogen-bond acceptors (Lipinski definition) is 3. The van der Waals surface area contributed by atoms with Crippen molar-refractivity contribution >= 4 is 33.1 Å². The fourth-order valence-electron chi connectivity index (χ4n) is 1.50. The quantitative estimate of drug-likeness (QED) is 0.582. The van der Waals surface area contributed by atoms with E-state index in [1.807, 2.05) is 12.1 Å². The topological polar surface area (TPSA) is 97.3 Å². The Balaban J connectivity index is 2.49. The molecule has 1 aromatic carbocycles. The van der Waals surface area contributed by atoms with E-state index in [1.165, 1.54) is 6.20 Å². The first-order valence-corrected chi connectivity index (χ1v) is 5.94. The molecule has 1 aromatic heterocycles. The molecule has 5 nitrogen and oxygen atoms in total. The molecule has 0 aliphatic heterocycles. The molecule has 0 saturated carbocycles. The number of benzene rings is 1. The predicted molar refractivity (Wildman–Crippen MR) is 76.0 cm³/mol. The molecular formula is C12H11BrN4O. The second-order valence-electron chi connectivity index (χ2n) is 3.61. The molecule has 0 amide bonds. The average Bonchev–Trinajstić information content (AvgIpc) is 2.28. The number of pyridine rings is 1. The van der Waals surface area contributed by atoms with Crippen LogP contribution in [0.2, 0.25) is 0 Å². The summed E-state index contributed by atoms with van der Waals surface area (Å²) < 4.78 is 0.881. The maximum absolute atomic E-state index is 11.6. The fraction of sp³-hybridized carbons (Fsp3) is 0. The maximum Gasteiger partial charge on any atom is 0.261 e. The minimum absolute atomic E-state index is 0.0902. The minimum Gasteiger partial charge on any atom is -0.398 e. The van der Waals surface area contributed by atoms with E-state index in [0.717, 1.165) is 4.47 Å². The Hall–Kier alpha value is -2.08. The highest BCUT2D eigenvalue weighted by atomic mass is 79.9. The summed E-state index contributed by atoms with van der Waals surface area (Å²) in [5.74, 6) is 0.0902. The summed E-state index contributed by atoms with van der Waals surface area (Å²) >= 11 is 3.33. The van der Waals surface area contributed by atoms with Gasteiger partial charge < -0.3 is 16.5 Å². The number of amidine groups is 1. The smallest absolute Gasteiger partial charge is 0.261 e. The Bertz CT molecular complexity index is 663. The SMILES string of the molecule is NC(=Nc1cccc(Br)c1)c1c(N)cc[nH]c1=O. The van der Waals surface area contributed by atoms with E-state index in [2.05, 4.69) is 25.9 Å². The van der Waals surface area contributed by atoms with E-state index in [-0.39, 0.29) is 17.0 Å². The number of halogens is 1. The Kier molecular flexibility index (Phi) is 3.47. The summed E-state index contributed by atoms with van der Waals surface area (Å²) in [7, 11) is 0. The van der Waals surface area contributed by atoms with Gasteiger partial charge in [-0.05, 0) is 24.3 Å². The van der Waals surface area contributed by atoms with Crippen molar-refractivity contribution in [1.82, 2.24) is 4.98 Å². The number of aliphatic imine (C=N–C) groups is 1. The lowest BCUT2D eigenvalue weighted by molar-refractivity contribution is 1.22. The molecule has 5 N–H and O–H groups in total. The lowest BCUT2D eigenvalue weighted by Gasteiger charge is -2.03. The number of rotatable bonds is 2. The van der Waals surface area contributed by atoms with Gasteiger partial charge in [0.15, 0.2) is 0 Å². The van der Waals surface area contributed by atoms with E-state index in [4.69, 9.17) is 11.5 Å². The summed E-state index contributed by atoms with van der Waals surface area (Å²) in [5, 5.41) is 0. The van der Waals surface area contributed by atoms with Crippen molar-refractivity contribution in [3.05, 3.63) is 56.9 Å². The number of nitrogens with one attached hydrogen (secondary N) is 1. The van der Waals surface area contributed by atoms with Crippen LogP contribution in [0, 0.1) is 0 Å². The van der Waals surface area contributed by atoms with Gasteiger partial charge in [0, 0.05) is 16.4 Å². The molecule has 2 rings (SSSR count). The molecule has 0 aliphatic carbocycles. The van der Waals surface area contributed by atoms with E-state index < -0.39 is 0 Å². The summed E-state index contributed by atoms with van der Waals surface area (Å²) in [6.07, 6.45) is 1.47. The zero-order chi connectivity index (χ0) is 13.1. The maximum atomic E-state index is 11.6. The van der Waals surface area contributed by atoms with Gasteiger partial charge in [-0.3, -0.25) is 4.79 Å². The minimum atomic E-state index is -0.355. The largest absolute Gasteiger partial charge is 0.398 e. The molecule has 0 aliphatic rings. The van der Waals surface area contributed by atoms with Crippen molar-refractivity contribution in [1.29, 1.82) is 0 Å². The van der Waals surface area contributed by atoms with Crippen molar-refractivity contribution in [3.63, 3.8) is 0 Å². The number of nitrogens with two attached hydrogens (primary N) is 2. The van der Waals surface area contributed by atoms with E-state index in [9.17, 15) is 4.79 Å². The molecule has 92 valence electrons. The number of H-pyrrole nitrogens is 1. The first kappa shape index (κ1) is 12.4. The van der Waals surface area contributed by atoms with Crippen molar-refractivity contribution in [2.24, 2.45) is 10.7 Å². The van der Waals surface area contributed by atoms with Gasteiger partial charge in [0.1, 0.15) is 11.4 Å².